The van der Waals surface area contributed by atoms with Gasteiger partial charge in [0.05, 0.1) is 0 Å². The predicted molar refractivity (Wildman–Crippen MR) is 83.4 cm³/mol. The highest BCUT2D eigenvalue weighted by Crippen LogP contribution is 2.21. The van der Waals surface area contributed by atoms with Gasteiger partial charge in [0.25, 0.3) is 0 Å². The van der Waals surface area contributed by atoms with Crippen molar-refractivity contribution in [2.45, 2.75) is 96.8 Å². The van der Waals surface area contributed by atoms with E-state index in [1.54, 1.807) is 0 Å². The highest BCUT2D eigenvalue weighted by Gasteiger charge is 2.08. The molecule has 1 heteroatoms. The van der Waals surface area contributed by atoms with Crippen LogP contribution < -0.4 is 0 Å². The topological polar surface area (TPSA) is 17.1 Å². The Morgan fingerprint density at radius 2 is 1.42 bits per heavy atom. The summed E-state index contributed by atoms with van der Waals surface area (Å²) in [5.74, 6) is 0.355. The molecule has 0 aromatic rings. The van der Waals surface area contributed by atoms with Crippen LogP contribution >= 0.6 is 0 Å². The van der Waals surface area contributed by atoms with Crippen LogP contribution in [0.15, 0.2) is 11.6 Å². The van der Waals surface area contributed by atoms with Crippen LogP contribution in [0.3, 0.4) is 0 Å². The molecule has 1 aliphatic rings. The number of rotatable bonds is 11. The maximum absolute atomic E-state index is 11.3. The summed E-state index contributed by atoms with van der Waals surface area (Å²) in [4.78, 5) is 11.3. The SMILES string of the molecule is CCCCCCCCCCCCC1=CC(=O)CCC1. The van der Waals surface area contributed by atoms with E-state index in [4.69, 9.17) is 0 Å². The maximum atomic E-state index is 11.3. The van der Waals surface area contributed by atoms with E-state index in [0.29, 0.717) is 5.78 Å². The minimum atomic E-state index is 0.355. The van der Waals surface area contributed by atoms with Crippen LogP contribution in [0.5, 0.6) is 0 Å². The quantitative estimate of drug-likeness (QED) is 0.420. The van der Waals surface area contributed by atoms with Crippen LogP contribution in [0, 0.1) is 0 Å². The Bertz CT molecular complexity index is 265. The standard InChI is InChI=1S/C18H32O/c1-2-3-4-5-6-7-8-9-10-11-13-17-14-12-15-18(19)16-17/h16H,2-15H2,1H3. The molecule has 0 unspecified atom stereocenters. The summed E-state index contributed by atoms with van der Waals surface area (Å²) < 4.78 is 0. The summed E-state index contributed by atoms with van der Waals surface area (Å²) in [5.41, 5.74) is 1.41. The van der Waals surface area contributed by atoms with Gasteiger partial charge in [0, 0.05) is 6.42 Å². The number of carbonyl (C=O) groups is 1. The lowest BCUT2D eigenvalue weighted by Gasteiger charge is -2.11. The fourth-order valence-electron chi connectivity index (χ4n) is 2.90. The van der Waals surface area contributed by atoms with Crippen LogP contribution in [-0.2, 0) is 4.79 Å². The zero-order chi connectivity index (χ0) is 13.8. The summed E-state index contributed by atoms with van der Waals surface area (Å²) >= 11 is 0. The molecule has 19 heavy (non-hydrogen) atoms. The molecule has 0 N–H and O–H groups in total. The zero-order valence-electron chi connectivity index (χ0n) is 12.9. The fourth-order valence-corrected chi connectivity index (χ4v) is 2.90. The number of hydrogen-bond acceptors (Lipinski definition) is 1. The van der Waals surface area contributed by atoms with E-state index in [-0.39, 0.29) is 0 Å². The van der Waals surface area contributed by atoms with Gasteiger partial charge in [0.2, 0.25) is 0 Å². The third-order valence-corrected chi connectivity index (χ3v) is 4.14. The van der Waals surface area contributed by atoms with Gasteiger partial charge in [-0.25, -0.2) is 0 Å². The second-order valence-electron chi connectivity index (χ2n) is 6.05. The van der Waals surface area contributed by atoms with Gasteiger partial charge >= 0.3 is 0 Å². The number of unbranched alkanes of at least 4 members (excludes halogenated alkanes) is 9. The van der Waals surface area contributed by atoms with Gasteiger partial charge in [-0.1, -0.05) is 70.3 Å². The van der Waals surface area contributed by atoms with E-state index in [9.17, 15) is 4.79 Å². The first-order chi connectivity index (χ1) is 9.33. The lowest BCUT2D eigenvalue weighted by molar-refractivity contribution is -0.115. The molecule has 1 rings (SSSR count). The molecule has 0 aromatic carbocycles. The van der Waals surface area contributed by atoms with E-state index in [0.717, 1.165) is 12.8 Å². The molecule has 0 fully saturated rings. The molecule has 0 radical (unpaired) electrons. The normalized spacial score (nSPS) is 15.6. The third-order valence-electron chi connectivity index (χ3n) is 4.14. The summed E-state index contributed by atoms with van der Waals surface area (Å²) in [7, 11) is 0. The Kier molecular flexibility index (Phi) is 9.75. The molecule has 0 heterocycles. The first kappa shape index (κ1) is 16.5. The van der Waals surface area contributed by atoms with E-state index in [1.165, 1.54) is 82.6 Å². The third kappa shape index (κ3) is 9.02. The van der Waals surface area contributed by atoms with Crippen molar-refractivity contribution in [2.24, 2.45) is 0 Å². The fraction of sp³-hybridized carbons (Fsp3) is 0.833. The van der Waals surface area contributed by atoms with Crippen molar-refractivity contribution in [1.29, 1.82) is 0 Å². The molecular formula is C18H32O. The Morgan fingerprint density at radius 3 is 2.00 bits per heavy atom. The summed E-state index contributed by atoms with van der Waals surface area (Å²) in [6, 6.07) is 0. The van der Waals surface area contributed by atoms with Gasteiger partial charge in [0.1, 0.15) is 0 Å². The number of allylic oxidation sites excluding steroid dienone is 2. The van der Waals surface area contributed by atoms with Crippen molar-refractivity contribution in [3.63, 3.8) is 0 Å². The van der Waals surface area contributed by atoms with Gasteiger partial charge in [-0.15, -0.1) is 0 Å². The Balaban J connectivity index is 1.85. The monoisotopic (exact) mass is 264 g/mol. The number of ketones is 1. The van der Waals surface area contributed by atoms with Crippen LogP contribution in [0.25, 0.3) is 0 Å². The molecule has 0 aromatic heterocycles. The van der Waals surface area contributed by atoms with Crippen LogP contribution in [0.2, 0.25) is 0 Å². The molecule has 0 saturated carbocycles. The lowest BCUT2D eigenvalue weighted by Crippen LogP contribution is -2.02. The summed E-state index contributed by atoms with van der Waals surface area (Å²) in [6.45, 7) is 2.27. The molecule has 0 spiro atoms. The highest BCUT2D eigenvalue weighted by molar-refractivity contribution is 5.91. The molecule has 0 atom stereocenters. The predicted octanol–water partition coefficient (Wildman–Crippen LogP) is 5.98. The van der Waals surface area contributed by atoms with Crippen molar-refractivity contribution in [3.8, 4) is 0 Å². The van der Waals surface area contributed by atoms with E-state index in [1.807, 2.05) is 6.08 Å². The molecule has 1 nitrogen and oxygen atoms in total. The molecule has 0 saturated heterocycles. The molecular weight excluding hydrogens is 232 g/mol. The van der Waals surface area contributed by atoms with Gasteiger partial charge in [-0.2, -0.15) is 0 Å². The average molecular weight is 264 g/mol. The van der Waals surface area contributed by atoms with Crippen molar-refractivity contribution < 1.29 is 4.79 Å². The Labute approximate surface area is 119 Å². The van der Waals surface area contributed by atoms with Crippen LogP contribution in [0.4, 0.5) is 0 Å². The minimum absolute atomic E-state index is 0.355. The molecule has 0 bridgehead atoms. The van der Waals surface area contributed by atoms with Crippen LogP contribution in [-0.4, -0.2) is 5.78 Å². The first-order valence-corrected chi connectivity index (χ1v) is 8.55. The van der Waals surface area contributed by atoms with Crippen LogP contribution in [0.1, 0.15) is 96.8 Å². The Hall–Kier alpha value is -0.590. The van der Waals surface area contributed by atoms with Gasteiger partial charge < -0.3 is 0 Å². The van der Waals surface area contributed by atoms with E-state index in [2.05, 4.69) is 6.92 Å². The van der Waals surface area contributed by atoms with Crippen molar-refractivity contribution in [3.05, 3.63) is 11.6 Å². The van der Waals surface area contributed by atoms with Gasteiger partial charge in [-0.3, -0.25) is 4.79 Å². The largest absolute Gasteiger partial charge is 0.295 e. The zero-order valence-corrected chi connectivity index (χ0v) is 12.9. The Morgan fingerprint density at radius 1 is 0.842 bits per heavy atom. The second kappa shape index (κ2) is 11.3. The molecule has 1 aliphatic carbocycles. The first-order valence-electron chi connectivity index (χ1n) is 8.55. The lowest BCUT2D eigenvalue weighted by atomic mass is 9.94. The molecule has 0 amide bonds. The van der Waals surface area contributed by atoms with E-state index < -0.39 is 0 Å². The second-order valence-corrected chi connectivity index (χ2v) is 6.05. The summed E-state index contributed by atoms with van der Waals surface area (Å²) in [5, 5.41) is 0. The van der Waals surface area contributed by atoms with Gasteiger partial charge in [0.15, 0.2) is 5.78 Å². The smallest absolute Gasteiger partial charge is 0.155 e. The van der Waals surface area contributed by atoms with Gasteiger partial charge in [-0.05, 0) is 31.8 Å². The highest BCUT2D eigenvalue weighted by atomic mass is 16.1. The number of carbonyl (C=O) groups excluding carboxylic acids is 1. The number of hydrogen-bond donors (Lipinski definition) is 0. The van der Waals surface area contributed by atoms with Crippen molar-refractivity contribution in [2.75, 3.05) is 0 Å². The van der Waals surface area contributed by atoms with Crippen molar-refractivity contribution in [1.82, 2.24) is 0 Å². The minimum Gasteiger partial charge on any atom is -0.295 e. The average Bonchev–Trinajstić information content (AvgIpc) is 2.41. The molecule has 0 aliphatic heterocycles. The van der Waals surface area contributed by atoms with E-state index >= 15 is 0 Å². The maximum Gasteiger partial charge on any atom is 0.155 e. The summed E-state index contributed by atoms with van der Waals surface area (Å²) in [6.07, 6.45) is 20.0. The molecule has 110 valence electrons. The van der Waals surface area contributed by atoms with Crippen molar-refractivity contribution >= 4 is 5.78 Å².